The van der Waals surface area contributed by atoms with E-state index in [1.807, 2.05) is 11.8 Å². The Bertz CT molecular complexity index is 416. The fourth-order valence-electron chi connectivity index (χ4n) is 3.99. The van der Waals surface area contributed by atoms with Gasteiger partial charge in [0.15, 0.2) is 0 Å². The fraction of sp³-hybridized carbons (Fsp3) is 0.889. The number of hydrogen-bond acceptors (Lipinski definition) is 3. The van der Waals surface area contributed by atoms with Gasteiger partial charge < -0.3 is 15.7 Å². The topological polar surface area (TPSA) is 81.7 Å². The average molecular weight is 339 g/mol. The quantitative estimate of drug-likeness (QED) is 0.634. The minimum Gasteiger partial charge on any atom is -0.480 e. The molecule has 0 radical (unpaired) electrons. The summed E-state index contributed by atoms with van der Waals surface area (Å²) in [6.45, 7) is 5.83. The molecule has 3 N–H and O–H groups in total. The molecule has 0 bridgehead atoms. The van der Waals surface area contributed by atoms with Crippen LogP contribution in [0.4, 0.5) is 4.79 Å². The number of nitrogens with one attached hydrogen (secondary N) is 2. The number of rotatable bonds is 8. The van der Waals surface area contributed by atoms with Crippen molar-refractivity contribution in [2.45, 2.75) is 70.9 Å². The van der Waals surface area contributed by atoms with Crippen molar-refractivity contribution in [2.75, 3.05) is 19.6 Å². The van der Waals surface area contributed by atoms with Gasteiger partial charge in [-0.2, -0.15) is 0 Å². The highest BCUT2D eigenvalue weighted by atomic mass is 16.4. The first-order valence-electron chi connectivity index (χ1n) is 9.51. The molecule has 0 spiro atoms. The van der Waals surface area contributed by atoms with Crippen molar-refractivity contribution in [1.29, 1.82) is 0 Å². The van der Waals surface area contributed by atoms with Gasteiger partial charge in [-0.05, 0) is 44.1 Å². The molecule has 24 heavy (non-hydrogen) atoms. The molecule has 0 unspecified atom stereocenters. The summed E-state index contributed by atoms with van der Waals surface area (Å²) in [6.07, 6.45) is 8.01. The van der Waals surface area contributed by atoms with Crippen molar-refractivity contribution >= 4 is 12.0 Å². The maximum atomic E-state index is 12.0. The molecule has 0 atom stereocenters. The van der Waals surface area contributed by atoms with Crippen molar-refractivity contribution < 1.29 is 14.7 Å². The lowest BCUT2D eigenvalue weighted by Gasteiger charge is -2.42. The molecule has 6 nitrogen and oxygen atoms in total. The third-order valence-electron chi connectivity index (χ3n) is 5.80. The van der Waals surface area contributed by atoms with Gasteiger partial charge in [-0.25, -0.2) is 4.79 Å². The number of urea groups is 1. The Balaban J connectivity index is 1.58. The largest absolute Gasteiger partial charge is 0.480 e. The number of carboxylic acids is 1. The Morgan fingerprint density at radius 1 is 1.08 bits per heavy atom. The monoisotopic (exact) mass is 339 g/mol. The zero-order chi connectivity index (χ0) is 17.5. The molecule has 2 aliphatic rings. The Kier molecular flexibility index (Phi) is 7.34. The molecule has 0 saturated heterocycles. The molecular weight excluding hydrogens is 306 g/mol. The van der Waals surface area contributed by atoms with Crippen LogP contribution < -0.4 is 10.6 Å². The van der Waals surface area contributed by atoms with Crippen LogP contribution in [0.1, 0.15) is 58.8 Å². The van der Waals surface area contributed by atoms with Gasteiger partial charge in [0.1, 0.15) is 0 Å². The van der Waals surface area contributed by atoms with Crippen LogP contribution in [-0.4, -0.2) is 53.7 Å². The smallest absolute Gasteiger partial charge is 0.317 e. The molecule has 0 aromatic carbocycles. The zero-order valence-corrected chi connectivity index (χ0v) is 15.1. The second-order valence-corrected chi connectivity index (χ2v) is 7.43. The van der Waals surface area contributed by atoms with E-state index in [9.17, 15) is 9.59 Å². The van der Waals surface area contributed by atoms with Gasteiger partial charge in [-0.15, -0.1) is 0 Å². The first-order chi connectivity index (χ1) is 11.5. The van der Waals surface area contributed by atoms with Crippen molar-refractivity contribution in [2.24, 2.45) is 11.8 Å². The molecule has 0 heterocycles. The second kappa shape index (κ2) is 9.25. The maximum Gasteiger partial charge on any atom is 0.317 e. The van der Waals surface area contributed by atoms with Crippen molar-refractivity contribution in [3.63, 3.8) is 0 Å². The lowest BCUT2D eigenvalue weighted by Crippen LogP contribution is -2.56. The Morgan fingerprint density at radius 3 is 2.25 bits per heavy atom. The fourth-order valence-corrected chi connectivity index (χ4v) is 3.99. The van der Waals surface area contributed by atoms with Gasteiger partial charge in [-0.1, -0.05) is 33.1 Å². The first-order valence-corrected chi connectivity index (χ1v) is 9.51. The summed E-state index contributed by atoms with van der Waals surface area (Å²) >= 11 is 0. The Morgan fingerprint density at radius 2 is 1.71 bits per heavy atom. The lowest BCUT2D eigenvalue weighted by molar-refractivity contribution is -0.139. The lowest BCUT2D eigenvalue weighted by atomic mass is 9.81. The molecule has 0 aliphatic heterocycles. The summed E-state index contributed by atoms with van der Waals surface area (Å²) in [5.41, 5.74) is 0. The summed E-state index contributed by atoms with van der Waals surface area (Å²) in [5, 5.41) is 14.9. The molecule has 0 aromatic heterocycles. The standard InChI is InChI=1S/C18H33N3O3/c1-3-13-5-7-14(8-6-13)11-19-18(24)20-15-9-16(10-15)21(4-2)12-17(22)23/h13-16H,3-12H2,1-2H3,(H,22,23)(H2,19,20,24). The van der Waals surface area contributed by atoms with Crippen LogP contribution in [0.15, 0.2) is 0 Å². The summed E-state index contributed by atoms with van der Waals surface area (Å²) in [4.78, 5) is 24.8. The van der Waals surface area contributed by atoms with E-state index in [1.165, 1.54) is 32.1 Å². The second-order valence-electron chi connectivity index (χ2n) is 7.43. The Labute approximate surface area is 145 Å². The van der Waals surface area contributed by atoms with Crippen LogP contribution in [0.5, 0.6) is 0 Å². The van der Waals surface area contributed by atoms with E-state index < -0.39 is 5.97 Å². The minimum absolute atomic E-state index is 0.0719. The third-order valence-corrected chi connectivity index (χ3v) is 5.80. The highest BCUT2D eigenvalue weighted by Crippen LogP contribution is 2.30. The van der Waals surface area contributed by atoms with E-state index in [-0.39, 0.29) is 24.7 Å². The number of nitrogens with zero attached hydrogens (tertiary/aromatic N) is 1. The molecule has 138 valence electrons. The van der Waals surface area contributed by atoms with Crippen LogP contribution in [0.25, 0.3) is 0 Å². The van der Waals surface area contributed by atoms with Crippen molar-refractivity contribution in [3.05, 3.63) is 0 Å². The van der Waals surface area contributed by atoms with Crippen LogP contribution in [0, 0.1) is 11.8 Å². The predicted molar refractivity (Wildman–Crippen MR) is 94.0 cm³/mol. The number of carbonyl (C=O) groups is 2. The van der Waals surface area contributed by atoms with E-state index in [1.54, 1.807) is 0 Å². The highest BCUT2D eigenvalue weighted by molar-refractivity contribution is 5.74. The van der Waals surface area contributed by atoms with E-state index in [2.05, 4.69) is 17.6 Å². The van der Waals surface area contributed by atoms with E-state index >= 15 is 0 Å². The zero-order valence-electron chi connectivity index (χ0n) is 15.1. The van der Waals surface area contributed by atoms with Gasteiger partial charge in [0.25, 0.3) is 0 Å². The predicted octanol–water partition coefficient (Wildman–Crippen LogP) is 2.44. The summed E-state index contributed by atoms with van der Waals surface area (Å²) in [6, 6.07) is 0.381. The maximum absolute atomic E-state index is 12.0. The van der Waals surface area contributed by atoms with Crippen LogP contribution in [0.2, 0.25) is 0 Å². The molecule has 2 amide bonds. The summed E-state index contributed by atoms with van der Waals surface area (Å²) < 4.78 is 0. The van der Waals surface area contributed by atoms with E-state index in [0.717, 1.165) is 31.8 Å². The van der Waals surface area contributed by atoms with E-state index in [0.29, 0.717) is 5.92 Å². The van der Waals surface area contributed by atoms with Crippen LogP contribution >= 0.6 is 0 Å². The highest BCUT2D eigenvalue weighted by Gasteiger charge is 2.34. The normalized spacial score (nSPS) is 29.8. The molecule has 0 aromatic rings. The Hall–Kier alpha value is -1.30. The minimum atomic E-state index is -0.788. The number of carboxylic acid groups (broad SMARTS) is 1. The first kappa shape index (κ1) is 19.0. The van der Waals surface area contributed by atoms with Crippen molar-refractivity contribution in [3.8, 4) is 0 Å². The SMILES string of the molecule is CCC1CCC(CNC(=O)NC2CC(N(CC)CC(=O)O)C2)CC1. The van der Waals surface area contributed by atoms with Gasteiger partial charge in [0, 0.05) is 18.6 Å². The summed E-state index contributed by atoms with van der Waals surface area (Å²) in [5.74, 6) is 0.719. The average Bonchev–Trinajstić information content (AvgIpc) is 2.54. The number of hydrogen-bond donors (Lipinski definition) is 3. The van der Waals surface area contributed by atoms with Crippen molar-refractivity contribution in [1.82, 2.24) is 15.5 Å². The summed E-state index contributed by atoms with van der Waals surface area (Å²) in [7, 11) is 0. The molecular formula is C18H33N3O3. The molecule has 2 fully saturated rings. The van der Waals surface area contributed by atoms with Gasteiger partial charge in [0.2, 0.25) is 0 Å². The van der Waals surface area contributed by atoms with Gasteiger partial charge in [-0.3, -0.25) is 9.69 Å². The molecule has 6 heteroatoms. The van der Waals surface area contributed by atoms with Gasteiger partial charge in [0.05, 0.1) is 6.54 Å². The van der Waals surface area contributed by atoms with E-state index in [4.69, 9.17) is 5.11 Å². The third kappa shape index (κ3) is 5.65. The van der Waals surface area contributed by atoms with Gasteiger partial charge >= 0.3 is 12.0 Å². The number of aliphatic carboxylic acids is 1. The number of amides is 2. The van der Waals surface area contributed by atoms with Crippen LogP contribution in [0.3, 0.4) is 0 Å². The number of likely N-dealkylation sites (N-methyl/N-ethyl adjacent to an activating group) is 1. The molecule has 2 aliphatic carbocycles. The number of carbonyl (C=O) groups excluding carboxylic acids is 1. The molecule has 2 saturated carbocycles. The molecule has 2 rings (SSSR count). The van der Waals surface area contributed by atoms with Crippen LogP contribution in [-0.2, 0) is 4.79 Å².